The molecule has 21 heavy (non-hydrogen) atoms. The monoisotopic (exact) mass is 319 g/mol. The first-order valence-corrected chi connectivity index (χ1v) is 6.98. The molecule has 9 heteroatoms. The minimum Gasteiger partial charge on any atom is -0.457 e. The molecule has 0 radical (unpaired) electrons. The number of aromatic nitrogens is 3. The summed E-state index contributed by atoms with van der Waals surface area (Å²) in [6.07, 6.45) is -1.33. The van der Waals surface area contributed by atoms with Crippen LogP contribution in [0.3, 0.4) is 0 Å². The molecule has 0 aliphatic heterocycles. The molecular weight excluding hydrogens is 307 g/mol. The van der Waals surface area contributed by atoms with E-state index < -0.39 is 18.7 Å². The Morgan fingerprint density at radius 3 is 2.86 bits per heavy atom. The third kappa shape index (κ3) is 5.18. The molecule has 0 aromatic carbocycles. The number of carbonyl (C=O) groups is 1. The molecule has 0 spiro atoms. The zero-order valence-corrected chi connectivity index (χ0v) is 11.7. The van der Waals surface area contributed by atoms with E-state index in [1.807, 2.05) is 5.38 Å². The average molecular weight is 319 g/mol. The van der Waals surface area contributed by atoms with E-state index in [-0.39, 0.29) is 18.9 Å². The summed E-state index contributed by atoms with van der Waals surface area (Å²) < 4.78 is 42.8. The summed E-state index contributed by atoms with van der Waals surface area (Å²) >= 11 is 1.43. The van der Waals surface area contributed by atoms with Crippen LogP contribution in [0.4, 0.5) is 13.2 Å². The summed E-state index contributed by atoms with van der Waals surface area (Å²) in [5, 5.41) is 1.82. The lowest BCUT2D eigenvalue weighted by Crippen LogP contribution is -2.20. The Hall–Kier alpha value is -1.90. The van der Waals surface area contributed by atoms with Gasteiger partial charge in [0.15, 0.2) is 0 Å². The second-order valence-electron chi connectivity index (χ2n) is 4.23. The van der Waals surface area contributed by atoms with Crippen LogP contribution >= 0.6 is 11.3 Å². The smallest absolute Gasteiger partial charge is 0.406 e. The summed E-state index contributed by atoms with van der Waals surface area (Å²) in [7, 11) is 0. The molecule has 2 heterocycles. The second-order valence-corrected chi connectivity index (χ2v) is 4.95. The number of carbonyl (C=O) groups excluding carboxylic acids is 1. The van der Waals surface area contributed by atoms with Gasteiger partial charge in [0.05, 0.1) is 17.6 Å². The summed E-state index contributed by atoms with van der Waals surface area (Å²) in [4.78, 5) is 19.3. The van der Waals surface area contributed by atoms with Crippen molar-refractivity contribution in [2.24, 2.45) is 0 Å². The van der Waals surface area contributed by atoms with Gasteiger partial charge in [0.25, 0.3) is 0 Å². The summed E-state index contributed by atoms with van der Waals surface area (Å²) in [5.74, 6) is -0.432. The molecule has 0 saturated carbocycles. The number of aryl methyl sites for hydroxylation is 1. The fourth-order valence-corrected chi connectivity index (χ4v) is 2.22. The van der Waals surface area contributed by atoms with Gasteiger partial charge < -0.3 is 9.30 Å². The maximum absolute atomic E-state index is 12.3. The molecule has 2 aromatic heterocycles. The molecule has 0 saturated heterocycles. The molecule has 5 nitrogen and oxygen atoms in total. The minimum atomic E-state index is -4.34. The van der Waals surface area contributed by atoms with Gasteiger partial charge in [-0.1, -0.05) is 0 Å². The standard InChI is InChI=1S/C12H12F3N3O2S/c13-12(14,15)7-18-4-3-16-10(18)5-20-11(19)2-1-9-6-21-8-17-9/h3-4,6,8H,1-2,5,7H2. The Morgan fingerprint density at radius 2 is 2.19 bits per heavy atom. The van der Waals surface area contributed by atoms with Crippen molar-refractivity contribution in [3.8, 4) is 0 Å². The van der Waals surface area contributed by atoms with Gasteiger partial charge in [-0.25, -0.2) is 9.97 Å². The summed E-state index contributed by atoms with van der Waals surface area (Å²) in [6, 6.07) is 0. The Balaban J connectivity index is 1.80. The van der Waals surface area contributed by atoms with Crippen molar-refractivity contribution >= 4 is 17.3 Å². The van der Waals surface area contributed by atoms with Crippen LogP contribution in [0.5, 0.6) is 0 Å². The number of imidazole rings is 1. The molecule has 0 amide bonds. The molecule has 2 aromatic rings. The fraction of sp³-hybridized carbons (Fsp3) is 0.417. The van der Waals surface area contributed by atoms with Crippen LogP contribution in [-0.2, 0) is 29.1 Å². The third-order valence-electron chi connectivity index (χ3n) is 2.58. The normalized spacial score (nSPS) is 11.6. The van der Waals surface area contributed by atoms with Gasteiger partial charge in [-0.2, -0.15) is 13.2 Å². The molecule has 0 aliphatic carbocycles. The van der Waals surface area contributed by atoms with Crippen molar-refractivity contribution in [3.05, 3.63) is 34.8 Å². The zero-order chi connectivity index (χ0) is 15.3. The SMILES string of the molecule is O=C(CCc1cscn1)OCc1nccn1CC(F)(F)F. The molecule has 0 atom stereocenters. The van der Waals surface area contributed by atoms with E-state index in [1.54, 1.807) is 5.51 Å². The van der Waals surface area contributed by atoms with Crippen LogP contribution < -0.4 is 0 Å². The van der Waals surface area contributed by atoms with Gasteiger partial charge in [0.1, 0.15) is 19.0 Å². The van der Waals surface area contributed by atoms with Crippen molar-refractivity contribution in [3.63, 3.8) is 0 Å². The number of halogens is 3. The Morgan fingerprint density at radius 1 is 1.38 bits per heavy atom. The average Bonchev–Trinajstić information content (AvgIpc) is 3.03. The lowest BCUT2D eigenvalue weighted by atomic mass is 10.2. The van der Waals surface area contributed by atoms with Crippen LogP contribution in [0.15, 0.2) is 23.3 Å². The van der Waals surface area contributed by atoms with Gasteiger partial charge >= 0.3 is 12.1 Å². The van der Waals surface area contributed by atoms with Crippen molar-refractivity contribution < 1.29 is 22.7 Å². The van der Waals surface area contributed by atoms with Gasteiger partial charge in [0.2, 0.25) is 0 Å². The lowest BCUT2D eigenvalue weighted by molar-refractivity contribution is -0.146. The number of alkyl halides is 3. The molecular formula is C12H12F3N3O2S. The van der Waals surface area contributed by atoms with E-state index in [0.29, 0.717) is 6.42 Å². The number of thiazole rings is 1. The van der Waals surface area contributed by atoms with Crippen LogP contribution in [-0.4, -0.2) is 26.7 Å². The number of hydrogen-bond donors (Lipinski definition) is 0. The first kappa shape index (κ1) is 15.5. The van der Waals surface area contributed by atoms with E-state index in [9.17, 15) is 18.0 Å². The molecule has 0 unspecified atom stereocenters. The minimum absolute atomic E-state index is 0.0642. The van der Waals surface area contributed by atoms with E-state index in [2.05, 4.69) is 9.97 Å². The highest BCUT2D eigenvalue weighted by Crippen LogP contribution is 2.18. The van der Waals surface area contributed by atoms with Crippen LogP contribution in [0.25, 0.3) is 0 Å². The molecule has 0 N–H and O–H groups in total. The molecule has 0 fully saturated rings. The molecule has 2 rings (SSSR count). The number of rotatable bonds is 6. The number of hydrogen-bond acceptors (Lipinski definition) is 5. The van der Waals surface area contributed by atoms with Crippen molar-refractivity contribution in [1.29, 1.82) is 0 Å². The van der Waals surface area contributed by atoms with Crippen LogP contribution in [0.2, 0.25) is 0 Å². The van der Waals surface area contributed by atoms with Crippen LogP contribution in [0.1, 0.15) is 17.9 Å². The summed E-state index contributed by atoms with van der Waals surface area (Å²) in [6.45, 7) is -1.43. The zero-order valence-electron chi connectivity index (χ0n) is 10.8. The number of ether oxygens (including phenoxy) is 1. The number of esters is 1. The Bertz CT molecular complexity index is 581. The first-order chi connectivity index (χ1) is 9.94. The highest BCUT2D eigenvalue weighted by atomic mass is 32.1. The summed E-state index contributed by atoms with van der Waals surface area (Å²) in [5.41, 5.74) is 2.45. The largest absolute Gasteiger partial charge is 0.457 e. The van der Waals surface area contributed by atoms with E-state index in [1.165, 1.54) is 23.7 Å². The Labute approximate surface area is 122 Å². The third-order valence-corrected chi connectivity index (χ3v) is 3.22. The van der Waals surface area contributed by atoms with E-state index in [0.717, 1.165) is 10.3 Å². The molecule has 0 aliphatic rings. The van der Waals surface area contributed by atoms with Gasteiger partial charge in [-0.15, -0.1) is 11.3 Å². The maximum Gasteiger partial charge on any atom is 0.406 e. The van der Waals surface area contributed by atoms with Crippen molar-refractivity contribution in [2.45, 2.75) is 32.2 Å². The second kappa shape index (κ2) is 6.70. The fourth-order valence-electron chi connectivity index (χ4n) is 1.63. The quantitative estimate of drug-likeness (QED) is 0.768. The van der Waals surface area contributed by atoms with Crippen LogP contribution in [0, 0.1) is 0 Å². The first-order valence-electron chi connectivity index (χ1n) is 6.03. The highest BCUT2D eigenvalue weighted by Gasteiger charge is 2.28. The lowest BCUT2D eigenvalue weighted by Gasteiger charge is -2.10. The van der Waals surface area contributed by atoms with Crippen molar-refractivity contribution in [2.75, 3.05) is 0 Å². The van der Waals surface area contributed by atoms with E-state index >= 15 is 0 Å². The Kier molecular flexibility index (Phi) is 4.94. The predicted molar refractivity (Wildman–Crippen MR) is 68.5 cm³/mol. The predicted octanol–water partition coefficient (Wildman–Crippen LogP) is 2.58. The molecule has 114 valence electrons. The topological polar surface area (TPSA) is 57.0 Å². The van der Waals surface area contributed by atoms with Crippen molar-refractivity contribution in [1.82, 2.24) is 14.5 Å². The van der Waals surface area contributed by atoms with Gasteiger partial charge in [0, 0.05) is 24.2 Å². The number of nitrogens with zero attached hydrogens (tertiary/aromatic N) is 3. The maximum atomic E-state index is 12.3. The molecule has 0 bridgehead atoms. The van der Waals surface area contributed by atoms with Gasteiger partial charge in [-0.3, -0.25) is 4.79 Å². The highest BCUT2D eigenvalue weighted by molar-refractivity contribution is 7.07. The van der Waals surface area contributed by atoms with E-state index in [4.69, 9.17) is 4.74 Å². The van der Waals surface area contributed by atoms with Gasteiger partial charge in [-0.05, 0) is 0 Å².